The van der Waals surface area contributed by atoms with Crippen LogP contribution >= 0.6 is 0 Å². The smallest absolute Gasteiger partial charge is 0.326 e. The number of nitrogens with two attached hydrogens (primary N) is 1. The molecule has 7 N–H and O–H groups in total. The number of aliphatic carboxylic acids is 3. The van der Waals surface area contributed by atoms with Crippen molar-refractivity contribution in [2.75, 3.05) is 13.6 Å². The monoisotopic (exact) mass is 306 g/mol. The Bertz CT molecular complexity index is 408. The molecule has 0 spiro atoms. The predicted molar refractivity (Wildman–Crippen MR) is 69.7 cm³/mol. The Morgan fingerprint density at radius 3 is 1.86 bits per heavy atom. The molecule has 1 amide bonds. The third-order valence-corrected chi connectivity index (χ3v) is 1.84. The van der Waals surface area contributed by atoms with E-state index in [1.54, 1.807) is 0 Å². The number of nitrogens with zero attached hydrogens (tertiary/aromatic N) is 1. The maximum Gasteiger partial charge on any atom is 0.326 e. The third kappa shape index (κ3) is 13.4. The van der Waals surface area contributed by atoms with Gasteiger partial charge in [-0.3, -0.25) is 19.8 Å². The minimum absolute atomic E-state index is 0.227. The van der Waals surface area contributed by atoms with Gasteiger partial charge in [0.1, 0.15) is 12.6 Å². The predicted octanol–water partition coefficient (Wildman–Crippen LogP) is -2.05. The number of likely N-dealkylation sites (N-methyl/N-ethyl adjacent to an activating group) is 1. The fourth-order valence-corrected chi connectivity index (χ4v) is 0.908. The van der Waals surface area contributed by atoms with Crippen LogP contribution in [0, 0.1) is 5.41 Å². The Hall–Kier alpha value is -2.85. The highest BCUT2D eigenvalue weighted by Gasteiger charge is 2.21. The molecule has 0 aromatic carbocycles. The highest BCUT2D eigenvalue weighted by atomic mass is 16.4. The summed E-state index contributed by atoms with van der Waals surface area (Å²) in [6.45, 7) is 0.896. The number of carboxylic acid groups (broad SMARTS) is 3. The molecule has 0 fully saturated rings. The van der Waals surface area contributed by atoms with Crippen molar-refractivity contribution < 1.29 is 34.5 Å². The summed E-state index contributed by atoms with van der Waals surface area (Å²) in [5, 5.41) is 33.5. The number of carbonyl (C=O) groups excluding carboxylic acids is 1. The van der Waals surface area contributed by atoms with Crippen LogP contribution in [0.3, 0.4) is 0 Å². The molecule has 1 unspecified atom stereocenters. The first-order valence-corrected chi connectivity index (χ1v) is 5.46. The van der Waals surface area contributed by atoms with Crippen LogP contribution in [0.15, 0.2) is 0 Å². The topological polar surface area (TPSA) is 194 Å². The lowest BCUT2D eigenvalue weighted by Gasteiger charge is -2.12. The summed E-state index contributed by atoms with van der Waals surface area (Å²) in [5.74, 6) is -4.42. The number of guanidine groups is 1. The van der Waals surface area contributed by atoms with Gasteiger partial charge in [-0.2, -0.15) is 0 Å². The van der Waals surface area contributed by atoms with Gasteiger partial charge in [0.15, 0.2) is 5.96 Å². The first-order valence-electron chi connectivity index (χ1n) is 5.46. The van der Waals surface area contributed by atoms with Gasteiger partial charge in [-0.15, -0.1) is 0 Å². The van der Waals surface area contributed by atoms with E-state index in [1.807, 2.05) is 5.32 Å². The molecule has 21 heavy (non-hydrogen) atoms. The van der Waals surface area contributed by atoms with Crippen LogP contribution in [0.5, 0.6) is 0 Å². The molecule has 0 bridgehead atoms. The highest BCUT2D eigenvalue weighted by molar-refractivity contribution is 5.85. The standard InChI is InChI=1S/C6H9NO5.C4H9N3O2/c1-3(8)7-4(6(11)12)2-5(9)10;1-7(4(5)6)2-3(8)9/h4H,2H2,1H3,(H,7,8)(H,9,10)(H,11,12);2H2,1H3,(H3,5,6)(H,8,9). The van der Waals surface area contributed by atoms with E-state index < -0.39 is 36.3 Å². The number of rotatable bonds is 6. The highest BCUT2D eigenvalue weighted by Crippen LogP contribution is 1.92. The van der Waals surface area contributed by atoms with E-state index in [4.69, 9.17) is 26.5 Å². The molecule has 0 aliphatic heterocycles. The molecule has 0 rings (SSSR count). The second kappa shape index (κ2) is 10.00. The van der Waals surface area contributed by atoms with E-state index in [9.17, 15) is 19.2 Å². The fourth-order valence-electron chi connectivity index (χ4n) is 0.908. The van der Waals surface area contributed by atoms with Crippen molar-refractivity contribution in [3.05, 3.63) is 0 Å². The fraction of sp³-hybridized carbons (Fsp3) is 0.500. The Balaban J connectivity index is 0. The summed E-state index contributed by atoms with van der Waals surface area (Å²) in [6, 6.07) is -1.35. The van der Waals surface area contributed by atoms with E-state index in [0.29, 0.717) is 0 Å². The molecule has 120 valence electrons. The average molecular weight is 306 g/mol. The van der Waals surface area contributed by atoms with Crippen LogP contribution in [-0.4, -0.2) is 69.6 Å². The van der Waals surface area contributed by atoms with Crippen molar-refractivity contribution in [3.8, 4) is 0 Å². The van der Waals surface area contributed by atoms with E-state index in [-0.39, 0.29) is 12.5 Å². The van der Waals surface area contributed by atoms with Crippen LogP contribution < -0.4 is 11.1 Å². The van der Waals surface area contributed by atoms with Crippen LogP contribution in [0.1, 0.15) is 13.3 Å². The van der Waals surface area contributed by atoms with Crippen molar-refractivity contribution in [1.29, 1.82) is 5.41 Å². The summed E-state index contributed by atoms with van der Waals surface area (Å²) >= 11 is 0. The quantitative estimate of drug-likeness (QED) is 0.236. The average Bonchev–Trinajstić information content (AvgIpc) is 2.26. The lowest BCUT2D eigenvalue weighted by Crippen LogP contribution is -2.41. The van der Waals surface area contributed by atoms with Crippen molar-refractivity contribution in [2.24, 2.45) is 5.73 Å². The Labute approximate surface area is 119 Å². The molecule has 0 aromatic heterocycles. The van der Waals surface area contributed by atoms with Gasteiger partial charge in [-0.05, 0) is 0 Å². The van der Waals surface area contributed by atoms with Gasteiger partial charge in [-0.1, -0.05) is 0 Å². The molecule has 0 radical (unpaired) electrons. The molecular weight excluding hydrogens is 288 g/mol. The summed E-state index contributed by atoms with van der Waals surface area (Å²) in [7, 11) is 1.44. The zero-order valence-electron chi connectivity index (χ0n) is 11.5. The van der Waals surface area contributed by atoms with Gasteiger partial charge in [0.25, 0.3) is 0 Å². The third-order valence-electron chi connectivity index (χ3n) is 1.84. The van der Waals surface area contributed by atoms with Gasteiger partial charge in [-0.25, -0.2) is 4.79 Å². The van der Waals surface area contributed by atoms with Crippen molar-refractivity contribution in [2.45, 2.75) is 19.4 Å². The van der Waals surface area contributed by atoms with Crippen molar-refractivity contribution >= 4 is 29.8 Å². The van der Waals surface area contributed by atoms with Crippen LogP contribution in [0.25, 0.3) is 0 Å². The van der Waals surface area contributed by atoms with E-state index in [0.717, 1.165) is 11.8 Å². The van der Waals surface area contributed by atoms with Crippen molar-refractivity contribution in [3.63, 3.8) is 0 Å². The SMILES string of the molecule is CC(=O)NC(CC(=O)O)C(=O)O.CN(CC(=O)O)C(=N)N. The molecule has 0 saturated heterocycles. The van der Waals surface area contributed by atoms with E-state index in [1.165, 1.54) is 7.05 Å². The summed E-state index contributed by atoms with van der Waals surface area (Å²) in [4.78, 5) is 41.8. The summed E-state index contributed by atoms with van der Waals surface area (Å²) in [5.41, 5.74) is 4.93. The molecule has 0 aromatic rings. The normalized spacial score (nSPS) is 10.4. The molecule has 1 atom stereocenters. The molecule has 11 nitrogen and oxygen atoms in total. The van der Waals surface area contributed by atoms with Crippen molar-refractivity contribution in [1.82, 2.24) is 10.2 Å². The van der Waals surface area contributed by atoms with Crippen LogP contribution in [-0.2, 0) is 19.2 Å². The van der Waals surface area contributed by atoms with Gasteiger partial charge in [0, 0.05) is 14.0 Å². The number of carbonyl (C=O) groups is 4. The zero-order chi connectivity index (χ0) is 17.2. The van der Waals surface area contributed by atoms with Gasteiger partial charge < -0.3 is 31.3 Å². The molecule has 0 heterocycles. The molecule has 0 aliphatic rings. The second-order valence-corrected chi connectivity index (χ2v) is 3.82. The summed E-state index contributed by atoms with van der Waals surface area (Å²) < 4.78 is 0. The molecule has 11 heteroatoms. The van der Waals surface area contributed by atoms with E-state index in [2.05, 4.69) is 0 Å². The number of hydrogen-bond donors (Lipinski definition) is 6. The number of carboxylic acids is 3. The van der Waals surface area contributed by atoms with E-state index >= 15 is 0 Å². The lowest BCUT2D eigenvalue weighted by atomic mass is 10.2. The number of nitrogens with one attached hydrogen (secondary N) is 2. The number of amides is 1. The Morgan fingerprint density at radius 2 is 1.67 bits per heavy atom. The first kappa shape index (κ1) is 20.5. The lowest BCUT2D eigenvalue weighted by molar-refractivity contribution is -0.147. The second-order valence-electron chi connectivity index (χ2n) is 3.82. The summed E-state index contributed by atoms with van der Waals surface area (Å²) in [6.07, 6.45) is -0.616. The zero-order valence-corrected chi connectivity index (χ0v) is 11.5. The Kier molecular flexibility index (Phi) is 9.75. The minimum atomic E-state index is -1.35. The molecule has 0 aliphatic carbocycles. The van der Waals surface area contributed by atoms with Crippen LogP contribution in [0.4, 0.5) is 0 Å². The minimum Gasteiger partial charge on any atom is -0.481 e. The molecule has 0 saturated carbocycles. The maximum atomic E-state index is 10.4. The maximum absolute atomic E-state index is 10.4. The van der Waals surface area contributed by atoms with Gasteiger partial charge in [0.05, 0.1) is 6.42 Å². The Morgan fingerprint density at radius 1 is 1.19 bits per heavy atom. The first-order chi connectivity index (χ1) is 9.47. The largest absolute Gasteiger partial charge is 0.481 e. The number of hydrogen-bond acceptors (Lipinski definition) is 5. The molecular formula is C10H18N4O7. The van der Waals surface area contributed by atoms with Crippen LogP contribution in [0.2, 0.25) is 0 Å². The van der Waals surface area contributed by atoms with Gasteiger partial charge in [0.2, 0.25) is 5.91 Å². The van der Waals surface area contributed by atoms with Gasteiger partial charge >= 0.3 is 17.9 Å².